The smallest absolute Gasteiger partial charge is 0.236 e. The zero-order chi connectivity index (χ0) is 13.8. The molecule has 19 heavy (non-hydrogen) atoms. The van der Waals surface area contributed by atoms with Crippen molar-refractivity contribution < 1.29 is 4.79 Å². The largest absolute Gasteiger partial charge is 0.300 e. The molecular formula is C13H15N3OS2. The third-order valence-electron chi connectivity index (χ3n) is 2.47. The molecule has 1 aromatic heterocycles. The molecule has 1 aromatic carbocycles. The number of nitrogens with one attached hydrogen (secondary N) is 1. The highest BCUT2D eigenvalue weighted by molar-refractivity contribution is 8.00. The minimum atomic E-state index is -0.0537. The summed E-state index contributed by atoms with van der Waals surface area (Å²) in [6.45, 7) is 5.96. The van der Waals surface area contributed by atoms with E-state index in [1.807, 2.05) is 20.8 Å². The van der Waals surface area contributed by atoms with Crippen molar-refractivity contribution in [3.8, 4) is 0 Å². The lowest BCUT2D eigenvalue weighted by atomic mass is 10.2. The fourth-order valence-electron chi connectivity index (χ4n) is 1.51. The lowest BCUT2D eigenvalue weighted by Gasteiger charge is -2.06. The molecule has 2 rings (SSSR count). The van der Waals surface area contributed by atoms with Gasteiger partial charge in [0.15, 0.2) is 0 Å². The molecule has 0 aliphatic heterocycles. The lowest BCUT2D eigenvalue weighted by Crippen LogP contribution is -2.13. The topological polar surface area (TPSA) is 54.9 Å². The van der Waals surface area contributed by atoms with E-state index in [0.29, 0.717) is 10.9 Å². The summed E-state index contributed by atoms with van der Waals surface area (Å²) >= 11 is 2.92. The van der Waals surface area contributed by atoms with Crippen molar-refractivity contribution in [2.24, 2.45) is 0 Å². The van der Waals surface area contributed by atoms with Crippen LogP contribution in [-0.2, 0) is 4.79 Å². The number of hydrogen-bond acceptors (Lipinski definition) is 5. The molecule has 0 fully saturated rings. The molecule has 0 saturated carbocycles. The van der Waals surface area contributed by atoms with E-state index in [4.69, 9.17) is 0 Å². The molecule has 1 heterocycles. The SMILES string of the molecule is Cc1ccc(C)c(SCC(=O)Nc2nnc(C)s2)c1. The number of carbonyl (C=O) groups is 1. The van der Waals surface area contributed by atoms with Gasteiger partial charge in [-0.1, -0.05) is 29.0 Å². The second-order valence-electron chi connectivity index (χ2n) is 4.23. The van der Waals surface area contributed by atoms with Crippen molar-refractivity contribution in [3.05, 3.63) is 34.3 Å². The highest BCUT2D eigenvalue weighted by Crippen LogP contribution is 2.24. The number of thioether (sulfide) groups is 1. The van der Waals surface area contributed by atoms with E-state index in [9.17, 15) is 4.79 Å². The fraction of sp³-hybridized carbons (Fsp3) is 0.308. The van der Waals surface area contributed by atoms with Crippen molar-refractivity contribution in [3.63, 3.8) is 0 Å². The van der Waals surface area contributed by atoms with E-state index >= 15 is 0 Å². The molecule has 0 unspecified atom stereocenters. The summed E-state index contributed by atoms with van der Waals surface area (Å²) in [7, 11) is 0. The Kier molecular flexibility index (Phi) is 4.55. The third kappa shape index (κ3) is 4.04. The van der Waals surface area contributed by atoms with Crippen LogP contribution in [0.4, 0.5) is 5.13 Å². The van der Waals surface area contributed by atoms with Gasteiger partial charge in [-0.3, -0.25) is 10.1 Å². The first kappa shape index (κ1) is 14.0. The summed E-state index contributed by atoms with van der Waals surface area (Å²) in [6.07, 6.45) is 0. The Morgan fingerprint density at radius 3 is 2.79 bits per heavy atom. The molecule has 0 atom stereocenters. The van der Waals surface area contributed by atoms with Crippen LogP contribution in [0.3, 0.4) is 0 Å². The van der Waals surface area contributed by atoms with Gasteiger partial charge in [0.25, 0.3) is 0 Å². The van der Waals surface area contributed by atoms with Gasteiger partial charge in [0.2, 0.25) is 11.0 Å². The Morgan fingerprint density at radius 2 is 2.11 bits per heavy atom. The Bertz CT molecular complexity index is 595. The number of hydrogen-bond donors (Lipinski definition) is 1. The van der Waals surface area contributed by atoms with Crippen LogP contribution in [0.25, 0.3) is 0 Å². The number of amides is 1. The maximum atomic E-state index is 11.8. The highest BCUT2D eigenvalue weighted by Gasteiger charge is 2.08. The average Bonchev–Trinajstić information content (AvgIpc) is 2.76. The summed E-state index contributed by atoms with van der Waals surface area (Å²) < 4.78 is 0. The minimum Gasteiger partial charge on any atom is -0.300 e. The number of anilines is 1. The van der Waals surface area contributed by atoms with E-state index in [1.165, 1.54) is 34.2 Å². The van der Waals surface area contributed by atoms with Crippen LogP contribution < -0.4 is 5.32 Å². The van der Waals surface area contributed by atoms with Crippen LogP contribution in [0.1, 0.15) is 16.1 Å². The van der Waals surface area contributed by atoms with E-state index in [2.05, 4.69) is 33.7 Å². The molecule has 6 heteroatoms. The van der Waals surface area contributed by atoms with Crippen LogP contribution in [0.15, 0.2) is 23.1 Å². The predicted octanol–water partition coefficient (Wildman–Crippen LogP) is 3.19. The number of rotatable bonds is 4. The van der Waals surface area contributed by atoms with Gasteiger partial charge < -0.3 is 0 Å². The third-order valence-corrected chi connectivity index (χ3v) is 4.39. The zero-order valence-corrected chi connectivity index (χ0v) is 12.7. The quantitative estimate of drug-likeness (QED) is 0.880. The summed E-state index contributed by atoms with van der Waals surface area (Å²) in [6, 6.07) is 6.25. The first-order valence-corrected chi connectivity index (χ1v) is 7.65. The molecule has 1 N–H and O–H groups in total. The number of benzene rings is 1. The molecule has 100 valence electrons. The van der Waals surface area contributed by atoms with Gasteiger partial charge in [-0.15, -0.1) is 22.0 Å². The Morgan fingerprint density at radius 1 is 1.32 bits per heavy atom. The van der Waals surface area contributed by atoms with Crippen molar-refractivity contribution in [1.82, 2.24) is 10.2 Å². The Balaban J connectivity index is 1.91. The van der Waals surface area contributed by atoms with E-state index in [1.54, 1.807) is 0 Å². The highest BCUT2D eigenvalue weighted by atomic mass is 32.2. The summed E-state index contributed by atoms with van der Waals surface area (Å²) in [5.41, 5.74) is 2.39. The van der Waals surface area contributed by atoms with Crippen LogP contribution in [0, 0.1) is 20.8 Å². The minimum absolute atomic E-state index is 0.0537. The molecule has 0 saturated heterocycles. The predicted molar refractivity (Wildman–Crippen MR) is 79.9 cm³/mol. The van der Waals surface area contributed by atoms with Gasteiger partial charge in [-0.25, -0.2) is 0 Å². The summed E-state index contributed by atoms with van der Waals surface area (Å²) in [4.78, 5) is 12.9. The number of carbonyl (C=O) groups excluding carboxylic acids is 1. The van der Waals surface area contributed by atoms with Gasteiger partial charge in [0, 0.05) is 4.90 Å². The molecule has 4 nitrogen and oxygen atoms in total. The molecule has 0 bridgehead atoms. The molecule has 2 aromatic rings. The zero-order valence-electron chi connectivity index (χ0n) is 11.1. The monoisotopic (exact) mass is 293 g/mol. The van der Waals surface area contributed by atoms with Crippen LogP contribution in [0.2, 0.25) is 0 Å². The van der Waals surface area contributed by atoms with Crippen molar-refractivity contribution >= 4 is 34.1 Å². The van der Waals surface area contributed by atoms with Gasteiger partial charge >= 0.3 is 0 Å². The van der Waals surface area contributed by atoms with Crippen molar-refractivity contribution in [2.75, 3.05) is 11.1 Å². The maximum absolute atomic E-state index is 11.8. The molecule has 1 amide bonds. The second kappa shape index (κ2) is 6.16. The summed E-state index contributed by atoms with van der Waals surface area (Å²) in [5.74, 6) is 0.324. The Labute approximate surface area is 120 Å². The lowest BCUT2D eigenvalue weighted by molar-refractivity contribution is -0.113. The van der Waals surface area contributed by atoms with Crippen LogP contribution >= 0.6 is 23.1 Å². The van der Waals surface area contributed by atoms with Gasteiger partial charge in [-0.2, -0.15) is 0 Å². The first-order chi connectivity index (χ1) is 9.04. The number of aromatic nitrogens is 2. The number of nitrogens with zero attached hydrogens (tertiary/aromatic N) is 2. The van der Waals surface area contributed by atoms with E-state index < -0.39 is 0 Å². The average molecular weight is 293 g/mol. The maximum Gasteiger partial charge on any atom is 0.236 e. The number of aryl methyl sites for hydroxylation is 3. The molecule has 0 spiro atoms. The van der Waals surface area contributed by atoms with Gasteiger partial charge in [0.1, 0.15) is 5.01 Å². The molecule has 0 aliphatic rings. The Hall–Kier alpha value is -1.40. The second-order valence-corrected chi connectivity index (χ2v) is 6.43. The standard InChI is InChI=1S/C13H15N3OS2/c1-8-4-5-9(2)11(6-8)18-7-12(17)14-13-16-15-10(3)19-13/h4-6H,7H2,1-3H3,(H,14,16,17). The first-order valence-electron chi connectivity index (χ1n) is 5.84. The van der Waals surface area contributed by atoms with E-state index in [-0.39, 0.29) is 5.91 Å². The van der Waals surface area contributed by atoms with Gasteiger partial charge in [0.05, 0.1) is 5.75 Å². The van der Waals surface area contributed by atoms with Crippen molar-refractivity contribution in [2.45, 2.75) is 25.7 Å². The molecule has 0 radical (unpaired) electrons. The van der Waals surface area contributed by atoms with Crippen LogP contribution in [-0.4, -0.2) is 21.9 Å². The van der Waals surface area contributed by atoms with Crippen molar-refractivity contribution in [1.29, 1.82) is 0 Å². The fourth-order valence-corrected chi connectivity index (χ4v) is 3.04. The molecule has 0 aliphatic carbocycles. The molecular weight excluding hydrogens is 278 g/mol. The van der Waals surface area contributed by atoms with Crippen LogP contribution in [0.5, 0.6) is 0 Å². The normalized spacial score (nSPS) is 10.5. The summed E-state index contributed by atoms with van der Waals surface area (Å²) in [5, 5.41) is 11.9. The van der Waals surface area contributed by atoms with E-state index in [0.717, 1.165) is 9.90 Å². The van der Waals surface area contributed by atoms with Gasteiger partial charge in [-0.05, 0) is 32.4 Å².